The molecule has 112 valence electrons. The van der Waals surface area contributed by atoms with Crippen molar-refractivity contribution in [2.24, 2.45) is 0 Å². The molecule has 3 N–H and O–H groups in total. The summed E-state index contributed by atoms with van der Waals surface area (Å²) < 4.78 is 0. The Balaban J connectivity index is 2.12. The molecule has 0 aromatic heterocycles. The number of hydrogen-bond donors (Lipinski definition) is 3. The summed E-state index contributed by atoms with van der Waals surface area (Å²) in [5.74, 6) is -1.99. The molecule has 0 saturated carbocycles. The van der Waals surface area contributed by atoms with Crippen molar-refractivity contribution in [3.05, 3.63) is 23.8 Å². The van der Waals surface area contributed by atoms with E-state index in [1.165, 1.54) is 28.0 Å². The summed E-state index contributed by atoms with van der Waals surface area (Å²) in [6.07, 6.45) is 0. The van der Waals surface area contributed by atoms with Crippen LogP contribution in [-0.4, -0.2) is 64.6 Å². The van der Waals surface area contributed by atoms with Crippen LogP contribution in [0, 0.1) is 0 Å². The van der Waals surface area contributed by atoms with Gasteiger partial charge < -0.3 is 25.3 Å². The second-order valence-corrected chi connectivity index (χ2v) is 4.67. The molecule has 0 radical (unpaired) electrons. The number of likely N-dealkylation sites (N-methyl/N-ethyl adjacent to an activating group) is 1. The van der Waals surface area contributed by atoms with E-state index >= 15 is 0 Å². The smallest absolute Gasteiger partial charge is 0.339 e. The van der Waals surface area contributed by atoms with Gasteiger partial charge in [-0.2, -0.15) is 0 Å². The Labute approximate surface area is 120 Å². The van der Waals surface area contributed by atoms with Gasteiger partial charge in [0, 0.05) is 20.1 Å². The average molecular weight is 293 g/mol. The Bertz CT molecular complexity index is 601. The molecule has 1 saturated heterocycles. The molecule has 1 aliphatic heterocycles. The second kappa shape index (κ2) is 5.70. The van der Waals surface area contributed by atoms with Crippen molar-refractivity contribution in [3.63, 3.8) is 0 Å². The summed E-state index contributed by atoms with van der Waals surface area (Å²) in [5, 5.41) is 21.1. The van der Waals surface area contributed by atoms with Gasteiger partial charge in [0.15, 0.2) is 5.75 Å². The summed E-state index contributed by atoms with van der Waals surface area (Å²) in [7, 11) is 1.65. The van der Waals surface area contributed by atoms with Gasteiger partial charge >= 0.3 is 12.0 Å². The van der Waals surface area contributed by atoms with Crippen LogP contribution in [0.2, 0.25) is 0 Å². The Morgan fingerprint density at radius 1 is 1.29 bits per heavy atom. The molecule has 21 heavy (non-hydrogen) atoms. The van der Waals surface area contributed by atoms with Crippen molar-refractivity contribution in [2.75, 3.05) is 32.0 Å². The number of hydrogen-bond acceptors (Lipinski definition) is 4. The van der Waals surface area contributed by atoms with Gasteiger partial charge in [-0.05, 0) is 12.1 Å². The largest absolute Gasteiger partial charge is 0.505 e. The van der Waals surface area contributed by atoms with E-state index in [0.29, 0.717) is 13.1 Å². The van der Waals surface area contributed by atoms with Crippen molar-refractivity contribution in [2.45, 2.75) is 0 Å². The molecule has 2 rings (SSSR count). The third-order valence-electron chi connectivity index (χ3n) is 3.25. The Morgan fingerprint density at radius 3 is 2.62 bits per heavy atom. The van der Waals surface area contributed by atoms with E-state index in [4.69, 9.17) is 5.11 Å². The van der Waals surface area contributed by atoms with Gasteiger partial charge in [0.2, 0.25) is 5.91 Å². The quantitative estimate of drug-likeness (QED) is 0.683. The van der Waals surface area contributed by atoms with E-state index in [0.717, 1.165) is 0 Å². The van der Waals surface area contributed by atoms with Crippen molar-refractivity contribution in [1.82, 2.24) is 9.80 Å². The number of anilines is 1. The number of carboxylic acid groups (broad SMARTS) is 1. The lowest BCUT2D eigenvalue weighted by atomic mass is 10.1. The third-order valence-corrected chi connectivity index (χ3v) is 3.25. The number of rotatable bonds is 2. The number of aromatic hydroxyl groups is 1. The highest BCUT2D eigenvalue weighted by molar-refractivity contribution is 5.98. The first-order chi connectivity index (χ1) is 9.90. The molecule has 8 heteroatoms. The fourth-order valence-electron chi connectivity index (χ4n) is 1.94. The summed E-state index contributed by atoms with van der Waals surface area (Å²) in [6.45, 7) is 0.739. The van der Waals surface area contributed by atoms with Gasteiger partial charge in [-0.25, -0.2) is 9.59 Å². The number of urea groups is 1. The summed E-state index contributed by atoms with van der Waals surface area (Å²) >= 11 is 0. The molecule has 0 unspecified atom stereocenters. The topological polar surface area (TPSA) is 110 Å². The highest BCUT2D eigenvalue weighted by Crippen LogP contribution is 2.27. The molecule has 0 aliphatic carbocycles. The zero-order valence-electron chi connectivity index (χ0n) is 11.4. The molecule has 1 aromatic carbocycles. The average Bonchev–Trinajstić information content (AvgIpc) is 2.43. The Morgan fingerprint density at radius 2 is 2.00 bits per heavy atom. The number of aromatic carboxylic acids is 1. The minimum Gasteiger partial charge on any atom is -0.505 e. The van der Waals surface area contributed by atoms with Gasteiger partial charge in [0.1, 0.15) is 12.1 Å². The zero-order chi connectivity index (χ0) is 15.6. The zero-order valence-corrected chi connectivity index (χ0v) is 11.4. The van der Waals surface area contributed by atoms with Crippen LogP contribution in [0.1, 0.15) is 10.4 Å². The standard InChI is InChI=1S/C13H15N3O5/c1-15-5-6-16(7-10(15)17)13(21)14-9-4-2-3-8(11(9)18)12(19)20/h2-4,18H,5-7H2,1H3,(H,14,21)(H,19,20). The third kappa shape index (κ3) is 3.04. The van der Waals surface area contributed by atoms with Crippen LogP contribution in [0.25, 0.3) is 0 Å². The molecule has 0 atom stereocenters. The normalized spacial score (nSPS) is 15.0. The molecule has 1 fully saturated rings. The van der Waals surface area contributed by atoms with Crippen molar-refractivity contribution in [3.8, 4) is 5.75 Å². The number of para-hydroxylation sites is 1. The summed E-state index contributed by atoms with van der Waals surface area (Å²) in [4.78, 5) is 37.3. The number of nitrogens with zero attached hydrogens (tertiary/aromatic N) is 2. The van der Waals surface area contributed by atoms with Crippen LogP contribution in [0.3, 0.4) is 0 Å². The predicted octanol–water partition coefficient (Wildman–Crippen LogP) is 0.396. The maximum absolute atomic E-state index is 12.0. The molecule has 1 aliphatic rings. The van der Waals surface area contributed by atoms with Crippen LogP contribution in [0.4, 0.5) is 10.5 Å². The number of carboxylic acids is 1. The lowest BCUT2D eigenvalue weighted by Gasteiger charge is -2.32. The number of benzene rings is 1. The number of nitrogens with one attached hydrogen (secondary N) is 1. The Hall–Kier alpha value is -2.77. The summed E-state index contributed by atoms with van der Waals surface area (Å²) in [5.41, 5.74) is -0.312. The van der Waals surface area contributed by atoms with Crippen LogP contribution in [-0.2, 0) is 4.79 Å². The van der Waals surface area contributed by atoms with E-state index in [1.54, 1.807) is 7.05 Å². The molecule has 0 bridgehead atoms. The van der Waals surface area contributed by atoms with Gasteiger partial charge in [-0.15, -0.1) is 0 Å². The lowest BCUT2D eigenvalue weighted by molar-refractivity contribution is -0.133. The van der Waals surface area contributed by atoms with E-state index < -0.39 is 17.7 Å². The monoisotopic (exact) mass is 293 g/mol. The molecule has 1 heterocycles. The van der Waals surface area contributed by atoms with Gasteiger partial charge in [0.25, 0.3) is 0 Å². The van der Waals surface area contributed by atoms with Crippen LogP contribution >= 0.6 is 0 Å². The molecule has 3 amide bonds. The van der Waals surface area contributed by atoms with Gasteiger partial charge in [0.05, 0.1) is 5.69 Å². The van der Waals surface area contributed by atoms with Crippen molar-refractivity contribution < 1.29 is 24.6 Å². The fraction of sp³-hybridized carbons (Fsp3) is 0.308. The highest BCUT2D eigenvalue weighted by atomic mass is 16.4. The number of carbonyl (C=O) groups is 3. The molecular formula is C13H15N3O5. The maximum atomic E-state index is 12.0. The van der Waals surface area contributed by atoms with Crippen LogP contribution in [0.15, 0.2) is 18.2 Å². The van der Waals surface area contributed by atoms with Crippen LogP contribution in [0.5, 0.6) is 5.75 Å². The highest BCUT2D eigenvalue weighted by Gasteiger charge is 2.25. The van der Waals surface area contributed by atoms with Crippen LogP contribution < -0.4 is 5.32 Å². The minimum absolute atomic E-state index is 0.00808. The molecule has 8 nitrogen and oxygen atoms in total. The van der Waals surface area contributed by atoms with E-state index in [-0.39, 0.29) is 23.7 Å². The van der Waals surface area contributed by atoms with Gasteiger partial charge in [-0.1, -0.05) is 6.07 Å². The SMILES string of the molecule is CN1CCN(C(=O)Nc2cccc(C(=O)O)c2O)CC1=O. The van der Waals surface area contributed by atoms with Crippen molar-refractivity contribution >= 4 is 23.6 Å². The molecule has 1 aromatic rings. The minimum atomic E-state index is -1.29. The number of phenols is 1. The first kappa shape index (κ1) is 14.6. The first-order valence-corrected chi connectivity index (χ1v) is 6.25. The fourth-order valence-corrected chi connectivity index (χ4v) is 1.94. The van der Waals surface area contributed by atoms with E-state index in [9.17, 15) is 19.5 Å². The summed E-state index contributed by atoms with van der Waals surface area (Å²) in [6, 6.07) is 3.47. The number of carbonyl (C=O) groups excluding carboxylic acids is 2. The number of amides is 3. The first-order valence-electron chi connectivity index (χ1n) is 6.25. The Kier molecular flexibility index (Phi) is 3.97. The lowest BCUT2D eigenvalue weighted by Crippen LogP contribution is -2.51. The van der Waals surface area contributed by atoms with E-state index in [2.05, 4.69) is 5.32 Å². The van der Waals surface area contributed by atoms with E-state index in [1.807, 2.05) is 0 Å². The molecular weight excluding hydrogens is 278 g/mol. The maximum Gasteiger partial charge on any atom is 0.339 e. The number of piperazine rings is 1. The molecule has 0 spiro atoms. The van der Waals surface area contributed by atoms with Crippen molar-refractivity contribution in [1.29, 1.82) is 0 Å². The van der Waals surface area contributed by atoms with Gasteiger partial charge in [-0.3, -0.25) is 4.79 Å². The predicted molar refractivity (Wildman–Crippen MR) is 73.3 cm³/mol. The second-order valence-electron chi connectivity index (χ2n) is 4.67.